The molecule has 1 aromatic carbocycles. The highest BCUT2D eigenvalue weighted by Crippen LogP contribution is 2.14. The van der Waals surface area contributed by atoms with Crippen molar-refractivity contribution in [2.24, 2.45) is 10.9 Å². The summed E-state index contributed by atoms with van der Waals surface area (Å²) in [5.41, 5.74) is 2.62. The third-order valence-corrected chi connectivity index (χ3v) is 4.29. The zero-order valence-corrected chi connectivity index (χ0v) is 19.1. The fourth-order valence-electron chi connectivity index (χ4n) is 3.14. The predicted octanol–water partition coefficient (Wildman–Crippen LogP) is 3.23. The Bertz CT molecular complexity index is 537. The molecule has 0 bridgehead atoms. The first-order valence-corrected chi connectivity index (χ1v) is 9.36. The van der Waals surface area contributed by atoms with E-state index in [2.05, 4.69) is 72.5 Å². The summed E-state index contributed by atoms with van der Waals surface area (Å²) in [7, 11) is 1.81. The molecule has 0 aliphatic carbocycles. The summed E-state index contributed by atoms with van der Waals surface area (Å²) in [5.74, 6) is 1.46. The largest absolute Gasteiger partial charge is 0.373 e. The van der Waals surface area contributed by atoms with Gasteiger partial charge in [-0.05, 0) is 30.9 Å². The quantitative estimate of drug-likeness (QED) is 0.378. The van der Waals surface area contributed by atoms with Crippen molar-refractivity contribution < 1.29 is 4.74 Å². The number of aliphatic imine (C=N–C) groups is 1. The predicted molar refractivity (Wildman–Crippen MR) is 120 cm³/mol. The number of ether oxygens (including phenoxy) is 1. The van der Waals surface area contributed by atoms with Crippen LogP contribution in [0.5, 0.6) is 0 Å². The Labute approximate surface area is 176 Å². The average molecular weight is 474 g/mol. The molecule has 0 spiro atoms. The number of morpholine rings is 1. The molecule has 2 N–H and O–H groups in total. The third-order valence-electron chi connectivity index (χ3n) is 4.29. The van der Waals surface area contributed by atoms with E-state index in [9.17, 15) is 0 Å². The molecule has 1 heterocycles. The van der Waals surface area contributed by atoms with E-state index in [0.29, 0.717) is 18.1 Å². The molecule has 148 valence electrons. The van der Waals surface area contributed by atoms with Crippen LogP contribution in [0.3, 0.4) is 0 Å². The minimum Gasteiger partial charge on any atom is -0.373 e. The summed E-state index contributed by atoms with van der Waals surface area (Å²) < 4.78 is 5.81. The number of nitrogens with one attached hydrogen (secondary N) is 2. The lowest BCUT2D eigenvalue weighted by molar-refractivity contribution is -0.0704. The van der Waals surface area contributed by atoms with Crippen molar-refractivity contribution in [3.05, 3.63) is 35.4 Å². The SMILES string of the molecule is CN=C(NCc1ccc(CN2CC(C)OC(C)C2)cc1)NCC(C)C.I. The lowest BCUT2D eigenvalue weighted by Gasteiger charge is -2.35. The summed E-state index contributed by atoms with van der Waals surface area (Å²) in [6.45, 7) is 13.4. The molecule has 5 nitrogen and oxygen atoms in total. The van der Waals surface area contributed by atoms with Crippen LogP contribution in [0.2, 0.25) is 0 Å². The number of benzene rings is 1. The summed E-state index contributed by atoms with van der Waals surface area (Å²) in [5, 5.41) is 6.70. The van der Waals surface area contributed by atoms with Crippen molar-refractivity contribution in [3.63, 3.8) is 0 Å². The molecule has 26 heavy (non-hydrogen) atoms. The second-order valence-corrected chi connectivity index (χ2v) is 7.47. The number of hydrogen-bond acceptors (Lipinski definition) is 3. The minimum absolute atomic E-state index is 0. The number of guanidine groups is 1. The van der Waals surface area contributed by atoms with Gasteiger partial charge in [-0.2, -0.15) is 0 Å². The first kappa shape index (κ1) is 23.2. The van der Waals surface area contributed by atoms with Crippen molar-refractivity contribution in [2.75, 3.05) is 26.7 Å². The van der Waals surface area contributed by atoms with Gasteiger partial charge in [0.15, 0.2) is 5.96 Å². The highest BCUT2D eigenvalue weighted by atomic mass is 127. The lowest BCUT2D eigenvalue weighted by Crippen LogP contribution is -2.44. The van der Waals surface area contributed by atoms with Gasteiger partial charge in [-0.3, -0.25) is 9.89 Å². The van der Waals surface area contributed by atoms with E-state index in [4.69, 9.17) is 4.74 Å². The Hall–Kier alpha value is -0.860. The van der Waals surface area contributed by atoms with Crippen molar-refractivity contribution in [2.45, 2.75) is 53.0 Å². The average Bonchev–Trinajstić information content (AvgIpc) is 2.55. The molecular weight excluding hydrogens is 439 g/mol. The molecule has 6 heteroatoms. The van der Waals surface area contributed by atoms with Crippen molar-refractivity contribution in [3.8, 4) is 0 Å². The number of nitrogens with zero attached hydrogens (tertiary/aromatic N) is 2. The van der Waals surface area contributed by atoms with Gasteiger partial charge in [0.1, 0.15) is 0 Å². The summed E-state index contributed by atoms with van der Waals surface area (Å²) in [4.78, 5) is 6.74. The fraction of sp³-hybridized carbons (Fsp3) is 0.650. The first-order chi connectivity index (χ1) is 12.0. The van der Waals surface area contributed by atoms with E-state index in [1.54, 1.807) is 0 Å². The molecule has 2 atom stereocenters. The van der Waals surface area contributed by atoms with Gasteiger partial charge in [0.25, 0.3) is 0 Å². The molecule has 1 saturated heterocycles. The van der Waals surface area contributed by atoms with E-state index in [1.165, 1.54) is 11.1 Å². The smallest absolute Gasteiger partial charge is 0.191 e. The minimum atomic E-state index is 0. The second kappa shape index (κ2) is 11.8. The van der Waals surface area contributed by atoms with Gasteiger partial charge in [-0.15, -0.1) is 24.0 Å². The Balaban J connectivity index is 0.00000338. The van der Waals surface area contributed by atoms with Gasteiger partial charge in [0.2, 0.25) is 0 Å². The van der Waals surface area contributed by atoms with Crippen LogP contribution >= 0.6 is 24.0 Å². The maximum atomic E-state index is 5.81. The normalized spacial score (nSPS) is 21.4. The number of hydrogen-bond donors (Lipinski definition) is 2. The zero-order valence-electron chi connectivity index (χ0n) is 16.8. The van der Waals surface area contributed by atoms with Crippen LogP contribution in [0.4, 0.5) is 0 Å². The standard InChI is InChI=1S/C20H34N4O.HI/c1-15(2)10-22-20(21-5)23-11-18-6-8-19(9-7-18)14-24-12-16(3)25-17(4)13-24;/h6-9,15-17H,10-14H2,1-5H3,(H2,21,22,23);1H. The van der Waals surface area contributed by atoms with E-state index < -0.39 is 0 Å². The van der Waals surface area contributed by atoms with Crippen molar-refractivity contribution >= 4 is 29.9 Å². The van der Waals surface area contributed by atoms with Crippen LogP contribution in [0.15, 0.2) is 29.3 Å². The van der Waals surface area contributed by atoms with Crippen LogP contribution in [-0.2, 0) is 17.8 Å². The molecule has 0 saturated carbocycles. The van der Waals surface area contributed by atoms with Crippen LogP contribution < -0.4 is 10.6 Å². The van der Waals surface area contributed by atoms with Crippen molar-refractivity contribution in [1.82, 2.24) is 15.5 Å². The highest BCUT2D eigenvalue weighted by Gasteiger charge is 2.21. The van der Waals surface area contributed by atoms with E-state index in [0.717, 1.165) is 38.7 Å². The van der Waals surface area contributed by atoms with Crippen LogP contribution in [0, 0.1) is 5.92 Å². The topological polar surface area (TPSA) is 48.9 Å². The lowest BCUT2D eigenvalue weighted by atomic mass is 10.1. The monoisotopic (exact) mass is 474 g/mol. The van der Waals surface area contributed by atoms with Crippen LogP contribution in [0.25, 0.3) is 0 Å². The van der Waals surface area contributed by atoms with E-state index in [1.807, 2.05) is 7.05 Å². The Kier molecular flexibility index (Phi) is 10.5. The molecular formula is C20H35IN4O. The fourth-order valence-corrected chi connectivity index (χ4v) is 3.14. The first-order valence-electron chi connectivity index (χ1n) is 9.36. The maximum absolute atomic E-state index is 5.81. The Morgan fingerprint density at radius 1 is 1.12 bits per heavy atom. The van der Waals surface area contributed by atoms with Crippen molar-refractivity contribution in [1.29, 1.82) is 0 Å². The van der Waals surface area contributed by atoms with Gasteiger partial charge in [-0.1, -0.05) is 38.1 Å². The van der Waals surface area contributed by atoms with Gasteiger partial charge in [-0.25, -0.2) is 0 Å². The van der Waals surface area contributed by atoms with E-state index in [-0.39, 0.29) is 24.0 Å². The summed E-state index contributed by atoms with van der Waals surface area (Å²) in [6, 6.07) is 8.86. The molecule has 1 aliphatic heterocycles. The van der Waals surface area contributed by atoms with Gasteiger partial charge in [0.05, 0.1) is 12.2 Å². The van der Waals surface area contributed by atoms with Gasteiger partial charge in [0, 0.05) is 39.8 Å². The maximum Gasteiger partial charge on any atom is 0.191 e. The second-order valence-electron chi connectivity index (χ2n) is 7.47. The summed E-state index contributed by atoms with van der Waals surface area (Å²) >= 11 is 0. The molecule has 2 unspecified atom stereocenters. The van der Waals surface area contributed by atoms with E-state index >= 15 is 0 Å². The Morgan fingerprint density at radius 2 is 1.69 bits per heavy atom. The third kappa shape index (κ3) is 8.22. The highest BCUT2D eigenvalue weighted by molar-refractivity contribution is 14.0. The molecule has 1 aliphatic rings. The zero-order chi connectivity index (χ0) is 18.2. The van der Waals surface area contributed by atoms with Crippen LogP contribution in [0.1, 0.15) is 38.8 Å². The summed E-state index contributed by atoms with van der Waals surface area (Å²) in [6.07, 6.45) is 0.634. The molecule has 0 aromatic heterocycles. The van der Waals surface area contributed by atoms with Gasteiger partial charge >= 0.3 is 0 Å². The molecule has 1 fully saturated rings. The number of halogens is 1. The van der Waals surface area contributed by atoms with Gasteiger partial charge < -0.3 is 15.4 Å². The van der Waals surface area contributed by atoms with Crippen LogP contribution in [-0.4, -0.2) is 49.7 Å². The molecule has 0 amide bonds. The molecule has 0 radical (unpaired) electrons. The molecule has 1 aromatic rings. The Morgan fingerprint density at radius 3 is 2.23 bits per heavy atom. The number of rotatable bonds is 6. The molecule has 2 rings (SSSR count).